The van der Waals surface area contributed by atoms with E-state index in [0.29, 0.717) is 13.2 Å². The molecule has 282 valence electrons. The van der Waals surface area contributed by atoms with E-state index >= 15 is 0 Å². The molecule has 49 heavy (non-hydrogen) atoms. The summed E-state index contributed by atoms with van der Waals surface area (Å²) < 4.78 is 24.0. The molecular weight excluding hydrogens is 604 g/mol. The van der Waals surface area contributed by atoms with E-state index in [-0.39, 0.29) is 6.29 Å². The van der Waals surface area contributed by atoms with Crippen LogP contribution in [0.15, 0.2) is 42.5 Å². The molecule has 2 rings (SSSR count). The Balaban J connectivity index is 1.49. The third-order valence-electron chi connectivity index (χ3n) is 9.65. The molecular formula is C45H78O4. The van der Waals surface area contributed by atoms with Crippen molar-refractivity contribution in [2.45, 2.75) is 200 Å². The molecule has 1 saturated heterocycles. The smallest absolute Gasteiger partial charge is 0.184 e. The monoisotopic (exact) mass is 683 g/mol. The topological polar surface area (TPSA) is 36.9 Å². The van der Waals surface area contributed by atoms with Crippen molar-refractivity contribution in [1.29, 1.82) is 0 Å². The summed E-state index contributed by atoms with van der Waals surface area (Å²) in [5, 5.41) is 0. The second-order valence-corrected chi connectivity index (χ2v) is 14.4. The van der Waals surface area contributed by atoms with Gasteiger partial charge in [-0.15, -0.1) is 0 Å². The van der Waals surface area contributed by atoms with Crippen LogP contribution in [0.5, 0.6) is 11.5 Å². The summed E-state index contributed by atoms with van der Waals surface area (Å²) >= 11 is 0. The van der Waals surface area contributed by atoms with E-state index in [1.807, 2.05) is 6.07 Å². The predicted octanol–water partition coefficient (Wildman–Crippen LogP) is 14.6. The lowest BCUT2D eigenvalue weighted by atomic mass is 10.1. The van der Waals surface area contributed by atoms with Crippen LogP contribution in [0.1, 0.15) is 205 Å². The molecule has 0 aliphatic carbocycles. The normalized spacial score (nSPS) is 13.8. The number of hydrogen-bond donors (Lipinski definition) is 0. The number of allylic oxidation sites excluding steroid dienone is 4. The van der Waals surface area contributed by atoms with Gasteiger partial charge in [-0.05, 0) is 76.3 Å². The summed E-state index contributed by atoms with van der Waals surface area (Å²) in [6, 6.07) is 6.16. The molecule has 0 radical (unpaired) electrons. The van der Waals surface area contributed by atoms with Crippen LogP contribution in [-0.2, 0) is 9.47 Å². The molecule has 4 nitrogen and oxygen atoms in total. The summed E-state index contributed by atoms with van der Waals surface area (Å²) in [4.78, 5) is 0. The zero-order chi connectivity index (χ0) is 34.7. The number of ether oxygens (including phenoxy) is 4. The first-order chi connectivity index (χ1) is 24.3. The Morgan fingerprint density at radius 3 is 1.14 bits per heavy atom. The number of unbranched alkanes of at least 4 members (excludes halogenated alkanes) is 24. The van der Waals surface area contributed by atoms with Crippen molar-refractivity contribution in [3.05, 3.63) is 48.1 Å². The molecule has 1 fully saturated rings. The number of rotatable bonds is 35. The Kier molecular flexibility index (Phi) is 29.5. The molecule has 0 amide bonds. The quantitative estimate of drug-likeness (QED) is 0.0527. The average molecular weight is 683 g/mol. The Hall–Kier alpha value is -1.78. The van der Waals surface area contributed by atoms with Crippen molar-refractivity contribution in [2.24, 2.45) is 0 Å². The summed E-state index contributed by atoms with van der Waals surface area (Å²) in [6.07, 6.45) is 46.2. The average Bonchev–Trinajstić information content (AvgIpc) is 3.66. The van der Waals surface area contributed by atoms with Crippen molar-refractivity contribution >= 4 is 0 Å². The van der Waals surface area contributed by atoms with Crippen LogP contribution in [-0.4, -0.2) is 26.4 Å². The maximum atomic E-state index is 6.20. The highest BCUT2D eigenvalue weighted by Gasteiger charge is 2.20. The van der Waals surface area contributed by atoms with E-state index in [2.05, 4.69) is 50.3 Å². The molecule has 0 atom stereocenters. The summed E-state index contributed by atoms with van der Waals surface area (Å²) in [7, 11) is 0. The zero-order valence-electron chi connectivity index (χ0n) is 32.4. The second kappa shape index (κ2) is 33.4. The van der Waals surface area contributed by atoms with E-state index in [0.717, 1.165) is 43.1 Å². The SMILES string of the molecule is CCCCCCCC/C=C\CCCCCCCCOc1cc(OCCCCCCCC/C=C\CCCCCCCC)cc(C2OCCO2)c1. The molecule has 1 heterocycles. The molecule has 1 aliphatic rings. The number of hydrogen-bond acceptors (Lipinski definition) is 4. The lowest BCUT2D eigenvalue weighted by Crippen LogP contribution is -2.04. The van der Waals surface area contributed by atoms with Gasteiger partial charge in [-0.3, -0.25) is 0 Å². The first-order valence-corrected chi connectivity index (χ1v) is 21.3. The minimum Gasteiger partial charge on any atom is -0.493 e. The zero-order valence-corrected chi connectivity index (χ0v) is 32.4. The third kappa shape index (κ3) is 25.8. The first kappa shape index (κ1) is 43.4. The molecule has 0 saturated carbocycles. The van der Waals surface area contributed by atoms with Gasteiger partial charge in [0.1, 0.15) is 11.5 Å². The van der Waals surface area contributed by atoms with Crippen LogP contribution in [0, 0.1) is 0 Å². The highest BCUT2D eigenvalue weighted by Crippen LogP contribution is 2.31. The fraction of sp³-hybridized carbons (Fsp3) is 0.778. The standard InChI is InChI=1S/C45H78O4/c1-3-5-7-9-11-13-15-17-19-21-23-25-27-29-31-33-35-46-43-39-42(45-48-37-38-49-45)40-44(41-43)47-36-34-32-30-28-26-24-22-20-18-16-14-12-10-8-6-4-2/h17-20,39-41,45H,3-16,21-38H2,1-2H3/b19-17-,20-18-. The Morgan fingerprint density at radius 2 is 0.776 bits per heavy atom. The van der Waals surface area contributed by atoms with Crippen LogP contribution in [0.3, 0.4) is 0 Å². The van der Waals surface area contributed by atoms with Gasteiger partial charge in [-0.2, -0.15) is 0 Å². The van der Waals surface area contributed by atoms with Crippen LogP contribution in [0.25, 0.3) is 0 Å². The van der Waals surface area contributed by atoms with Crippen LogP contribution in [0.2, 0.25) is 0 Å². The maximum absolute atomic E-state index is 6.20. The van der Waals surface area contributed by atoms with Crippen LogP contribution >= 0.6 is 0 Å². The highest BCUT2D eigenvalue weighted by atomic mass is 16.7. The molecule has 0 unspecified atom stereocenters. The molecule has 1 aromatic rings. The van der Waals surface area contributed by atoms with E-state index < -0.39 is 0 Å². The molecule has 0 bridgehead atoms. The largest absolute Gasteiger partial charge is 0.493 e. The van der Waals surface area contributed by atoms with Gasteiger partial charge in [-0.25, -0.2) is 0 Å². The van der Waals surface area contributed by atoms with Crippen molar-refractivity contribution < 1.29 is 18.9 Å². The minimum absolute atomic E-state index is 0.318. The molecule has 1 aliphatic heterocycles. The third-order valence-corrected chi connectivity index (χ3v) is 9.65. The van der Waals surface area contributed by atoms with Gasteiger partial charge in [0.05, 0.1) is 26.4 Å². The summed E-state index contributed by atoms with van der Waals surface area (Å²) in [5.41, 5.74) is 0.993. The fourth-order valence-electron chi connectivity index (χ4n) is 6.53. The number of benzene rings is 1. The van der Waals surface area contributed by atoms with Crippen molar-refractivity contribution in [3.63, 3.8) is 0 Å². The fourth-order valence-corrected chi connectivity index (χ4v) is 6.53. The molecule has 0 aromatic heterocycles. The van der Waals surface area contributed by atoms with Gasteiger partial charge in [-0.1, -0.05) is 154 Å². The van der Waals surface area contributed by atoms with E-state index in [9.17, 15) is 0 Å². The van der Waals surface area contributed by atoms with Gasteiger partial charge in [0, 0.05) is 11.6 Å². The van der Waals surface area contributed by atoms with Gasteiger partial charge >= 0.3 is 0 Å². The van der Waals surface area contributed by atoms with Gasteiger partial charge in [0.15, 0.2) is 6.29 Å². The first-order valence-electron chi connectivity index (χ1n) is 21.3. The lowest BCUT2D eigenvalue weighted by Gasteiger charge is -2.15. The van der Waals surface area contributed by atoms with E-state index in [1.54, 1.807) is 0 Å². The van der Waals surface area contributed by atoms with Crippen molar-refractivity contribution in [1.82, 2.24) is 0 Å². The minimum atomic E-state index is -0.318. The molecule has 0 spiro atoms. The highest BCUT2D eigenvalue weighted by molar-refractivity contribution is 5.39. The maximum Gasteiger partial charge on any atom is 0.184 e. The van der Waals surface area contributed by atoms with Gasteiger partial charge < -0.3 is 18.9 Å². The molecule has 0 N–H and O–H groups in total. The van der Waals surface area contributed by atoms with E-state index in [1.165, 1.54) is 167 Å². The Morgan fingerprint density at radius 1 is 0.449 bits per heavy atom. The molecule has 1 aromatic carbocycles. The van der Waals surface area contributed by atoms with Crippen LogP contribution in [0.4, 0.5) is 0 Å². The van der Waals surface area contributed by atoms with Gasteiger partial charge in [0.2, 0.25) is 0 Å². The second-order valence-electron chi connectivity index (χ2n) is 14.4. The Bertz CT molecular complexity index is 841. The van der Waals surface area contributed by atoms with Crippen molar-refractivity contribution in [2.75, 3.05) is 26.4 Å². The lowest BCUT2D eigenvalue weighted by molar-refractivity contribution is -0.0443. The Labute approximate surface area is 304 Å². The van der Waals surface area contributed by atoms with Crippen molar-refractivity contribution in [3.8, 4) is 11.5 Å². The molecule has 4 heteroatoms. The van der Waals surface area contributed by atoms with E-state index in [4.69, 9.17) is 18.9 Å². The van der Waals surface area contributed by atoms with Gasteiger partial charge in [0.25, 0.3) is 0 Å². The summed E-state index contributed by atoms with van der Waals surface area (Å²) in [6.45, 7) is 7.32. The summed E-state index contributed by atoms with van der Waals surface area (Å²) in [5.74, 6) is 1.72. The van der Waals surface area contributed by atoms with Crippen LogP contribution < -0.4 is 9.47 Å². The predicted molar refractivity (Wildman–Crippen MR) is 211 cm³/mol.